The Kier molecular flexibility index (Phi) is 6.74. The highest BCUT2D eigenvalue weighted by molar-refractivity contribution is 6.68. The molecule has 0 bridgehead atoms. The SMILES string of the molecule is CCCCC1C[Si](OC)(OC)CC1CCCC. The molecule has 0 radical (unpaired) electrons. The van der Waals surface area contributed by atoms with Crippen LogP contribution in [0.3, 0.4) is 0 Å². The van der Waals surface area contributed by atoms with E-state index in [9.17, 15) is 0 Å². The second-order valence-corrected chi connectivity index (χ2v) is 8.99. The molecule has 17 heavy (non-hydrogen) atoms. The van der Waals surface area contributed by atoms with Gasteiger partial charge < -0.3 is 8.85 Å². The Hall–Kier alpha value is 0.137. The molecule has 0 saturated carbocycles. The average Bonchev–Trinajstić information content (AvgIpc) is 2.73. The van der Waals surface area contributed by atoms with Crippen LogP contribution in [0.5, 0.6) is 0 Å². The highest BCUT2D eigenvalue weighted by Crippen LogP contribution is 2.45. The molecule has 0 aromatic carbocycles. The van der Waals surface area contributed by atoms with Gasteiger partial charge in [-0.25, -0.2) is 0 Å². The van der Waals surface area contributed by atoms with E-state index < -0.39 is 8.56 Å². The van der Waals surface area contributed by atoms with Crippen molar-refractivity contribution in [2.24, 2.45) is 11.8 Å². The molecule has 1 aliphatic rings. The van der Waals surface area contributed by atoms with Crippen molar-refractivity contribution in [3.63, 3.8) is 0 Å². The van der Waals surface area contributed by atoms with Gasteiger partial charge in [-0.15, -0.1) is 0 Å². The third kappa shape index (κ3) is 4.07. The topological polar surface area (TPSA) is 18.5 Å². The quantitative estimate of drug-likeness (QED) is 0.603. The lowest BCUT2D eigenvalue weighted by molar-refractivity contribution is 0.246. The van der Waals surface area contributed by atoms with Gasteiger partial charge in [0.2, 0.25) is 0 Å². The molecule has 0 N–H and O–H groups in total. The molecule has 1 rings (SSSR count). The summed E-state index contributed by atoms with van der Waals surface area (Å²) in [5.41, 5.74) is 0. The van der Waals surface area contributed by atoms with Crippen LogP contribution >= 0.6 is 0 Å². The minimum absolute atomic E-state index is 0.869. The molecule has 0 aromatic rings. The fourth-order valence-corrected chi connectivity index (χ4v) is 6.91. The lowest BCUT2D eigenvalue weighted by atomic mass is 9.87. The van der Waals surface area contributed by atoms with Gasteiger partial charge in [0.1, 0.15) is 0 Å². The van der Waals surface area contributed by atoms with E-state index in [0.29, 0.717) is 0 Å². The van der Waals surface area contributed by atoms with Crippen molar-refractivity contribution >= 4 is 8.56 Å². The molecule has 0 spiro atoms. The van der Waals surface area contributed by atoms with Crippen LogP contribution in [0.1, 0.15) is 52.4 Å². The predicted octanol–water partition coefficient (Wildman–Crippen LogP) is 4.35. The van der Waals surface area contributed by atoms with E-state index in [4.69, 9.17) is 8.85 Å². The molecule has 0 amide bonds. The first-order valence-electron chi connectivity index (χ1n) is 7.31. The van der Waals surface area contributed by atoms with Crippen LogP contribution in [0.25, 0.3) is 0 Å². The van der Waals surface area contributed by atoms with Crippen molar-refractivity contribution in [3.8, 4) is 0 Å². The molecular weight excluding hydrogens is 228 g/mol. The molecule has 1 saturated heterocycles. The molecule has 1 aliphatic heterocycles. The second-order valence-electron chi connectivity index (χ2n) is 5.53. The van der Waals surface area contributed by atoms with Crippen molar-refractivity contribution < 1.29 is 8.85 Å². The largest absolute Gasteiger partial charge is 0.398 e. The van der Waals surface area contributed by atoms with Crippen LogP contribution in [0, 0.1) is 11.8 Å². The summed E-state index contributed by atoms with van der Waals surface area (Å²) in [6, 6.07) is 2.46. The summed E-state index contributed by atoms with van der Waals surface area (Å²) in [6.07, 6.45) is 8.12. The van der Waals surface area contributed by atoms with Crippen LogP contribution in [-0.2, 0) is 8.85 Å². The fraction of sp³-hybridized carbons (Fsp3) is 1.00. The van der Waals surface area contributed by atoms with E-state index in [-0.39, 0.29) is 0 Å². The monoisotopic (exact) mass is 258 g/mol. The minimum Gasteiger partial charge on any atom is -0.398 e. The van der Waals surface area contributed by atoms with Crippen molar-refractivity contribution in [3.05, 3.63) is 0 Å². The number of hydrogen-bond donors (Lipinski definition) is 0. The Morgan fingerprint density at radius 1 is 0.882 bits per heavy atom. The Balaban J connectivity index is 2.57. The Bertz CT molecular complexity index is 186. The summed E-state index contributed by atoms with van der Waals surface area (Å²) in [6.45, 7) is 4.57. The second kappa shape index (κ2) is 7.55. The van der Waals surface area contributed by atoms with Gasteiger partial charge in [-0.2, -0.15) is 0 Å². The third-order valence-corrected chi connectivity index (χ3v) is 8.19. The predicted molar refractivity (Wildman–Crippen MR) is 75.4 cm³/mol. The van der Waals surface area contributed by atoms with Crippen LogP contribution in [0.4, 0.5) is 0 Å². The zero-order valence-electron chi connectivity index (χ0n) is 12.1. The summed E-state index contributed by atoms with van der Waals surface area (Å²) >= 11 is 0. The number of rotatable bonds is 8. The van der Waals surface area contributed by atoms with Gasteiger partial charge in [0.05, 0.1) is 0 Å². The first kappa shape index (κ1) is 15.2. The summed E-state index contributed by atoms with van der Waals surface area (Å²) < 4.78 is 11.6. The summed E-state index contributed by atoms with van der Waals surface area (Å²) in [5.74, 6) is 1.74. The van der Waals surface area contributed by atoms with E-state index in [0.717, 1.165) is 11.8 Å². The first-order valence-corrected chi connectivity index (χ1v) is 9.54. The molecule has 2 nitrogen and oxygen atoms in total. The van der Waals surface area contributed by atoms with Gasteiger partial charge in [-0.05, 0) is 23.9 Å². The van der Waals surface area contributed by atoms with E-state index in [2.05, 4.69) is 13.8 Å². The molecule has 1 fully saturated rings. The van der Waals surface area contributed by atoms with E-state index in [1.54, 1.807) is 0 Å². The summed E-state index contributed by atoms with van der Waals surface area (Å²) in [5, 5.41) is 0. The molecule has 102 valence electrons. The number of unbranched alkanes of at least 4 members (excludes halogenated alkanes) is 2. The molecule has 3 heteroatoms. The van der Waals surface area contributed by atoms with Gasteiger partial charge in [-0.1, -0.05) is 52.4 Å². The summed E-state index contributed by atoms with van der Waals surface area (Å²) in [7, 11) is 1.91. The lowest BCUT2D eigenvalue weighted by Gasteiger charge is -2.22. The maximum atomic E-state index is 5.79. The van der Waals surface area contributed by atoms with Gasteiger partial charge >= 0.3 is 8.56 Å². The summed E-state index contributed by atoms with van der Waals surface area (Å²) in [4.78, 5) is 0. The fourth-order valence-electron chi connectivity index (χ4n) is 3.24. The normalized spacial score (nSPS) is 27.5. The molecule has 2 unspecified atom stereocenters. The van der Waals surface area contributed by atoms with Gasteiger partial charge in [-0.3, -0.25) is 0 Å². The maximum absolute atomic E-state index is 5.79. The highest BCUT2D eigenvalue weighted by Gasteiger charge is 2.48. The van der Waals surface area contributed by atoms with Gasteiger partial charge in [0, 0.05) is 14.2 Å². The Labute approximate surface area is 108 Å². The standard InChI is InChI=1S/C14H30O2Si/c1-5-7-9-13-11-17(15-3,16-4)12-14(13)10-8-6-2/h13-14H,5-12H2,1-4H3. The smallest absolute Gasteiger partial charge is 0.338 e. The highest BCUT2D eigenvalue weighted by atomic mass is 28.4. The average molecular weight is 258 g/mol. The van der Waals surface area contributed by atoms with Crippen molar-refractivity contribution in [1.82, 2.24) is 0 Å². The van der Waals surface area contributed by atoms with Crippen LogP contribution < -0.4 is 0 Å². The molecular formula is C14H30O2Si. The van der Waals surface area contributed by atoms with Gasteiger partial charge in [0.25, 0.3) is 0 Å². The van der Waals surface area contributed by atoms with Crippen LogP contribution in [-0.4, -0.2) is 22.8 Å². The maximum Gasteiger partial charge on any atom is 0.338 e. The van der Waals surface area contributed by atoms with E-state index in [1.165, 1.54) is 50.6 Å². The van der Waals surface area contributed by atoms with Crippen molar-refractivity contribution in [2.75, 3.05) is 14.2 Å². The lowest BCUT2D eigenvalue weighted by Crippen LogP contribution is -2.36. The van der Waals surface area contributed by atoms with Gasteiger partial charge in [0.15, 0.2) is 0 Å². The third-order valence-electron chi connectivity index (χ3n) is 4.41. The first-order chi connectivity index (χ1) is 8.21. The van der Waals surface area contributed by atoms with Crippen molar-refractivity contribution in [1.29, 1.82) is 0 Å². The Morgan fingerprint density at radius 2 is 1.29 bits per heavy atom. The molecule has 0 aromatic heterocycles. The Morgan fingerprint density at radius 3 is 1.59 bits per heavy atom. The molecule has 2 atom stereocenters. The zero-order valence-corrected chi connectivity index (χ0v) is 13.1. The van der Waals surface area contributed by atoms with Crippen LogP contribution in [0.2, 0.25) is 12.1 Å². The minimum atomic E-state index is -1.81. The van der Waals surface area contributed by atoms with E-state index in [1.807, 2.05) is 14.2 Å². The zero-order chi connectivity index (χ0) is 12.7. The molecule has 1 heterocycles. The number of hydrogen-bond acceptors (Lipinski definition) is 2. The van der Waals surface area contributed by atoms with Crippen LogP contribution in [0.15, 0.2) is 0 Å². The van der Waals surface area contributed by atoms with E-state index >= 15 is 0 Å². The van der Waals surface area contributed by atoms with Crippen molar-refractivity contribution in [2.45, 2.75) is 64.5 Å². The molecule has 0 aliphatic carbocycles.